The fraction of sp³-hybridized carbons (Fsp3) is 0.667. The van der Waals surface area contributed by atoms with E-state index in [1.54, 1.807) is 11.8 Å². The molecule has 0 radical (unpaired) electrons. The second kappa shape index (κ2) is 2.98. The van der Waals surface area contributed by atoms with Crippen molar-refractivity contribution in [2.75, 3.05) is 12.8 Å². The predicted octanol–water partition coefficient (Wildman–Crippen LogP) is 1.17. The number of nitrogens with zero attached hydrogens (tertiary/aromatic N) is 2. The van der Waals surface area contributed by atoms with Gasteiger partial charge in [-0.3, -0.25) is 0 Å². The number of hydrogen-bond acceptors (Lipinski definition) is 4. The van der Waals surface area contributed by atoms with Gasteiger partial charge in [0.1, 0.15) is 4.32 Å². The van der Waals surface area contributed by atoms with Crippen LogP contribution in [-0.2, 0) is 0 Å². The first kappa shape index (κ1) is 8.80. The molecule has 1 aliphatic heterocycles. The van der Waals surface area contributed by atoms with Crippen molar-refractivity contribution in [2.45, 2.75) is 12.5 Å². The average Bonchev–Trinajstić information content (AvgIpc) is 2.19. The third-order valence-electron chi connectivity index (χ3n) is 1.86. The van der Waals surface area contributed by atoms with E-state index < -0.39 is 0 Å². The van der Waals surface area contributed by atoms with E-state index in [2.05, 4.69) is 5.16 Å². The summed E-state index contributed by atoms with van der Waals surface area (Å²) in [5.74, 6) is 0.854. The van der Waals surface area contributed by atoms with Crippen molar-refractivity contribution < 1.29 is 5.21 Å². The largest absolute Gasteiger partial charge is 0.411 e. The third kappa shape index (κ3) is 1.49. The van der Waals surface area contributed by atoms with E-state index in [1.165, 1.54) is 6.21 Å². The normalized spacial score (nSPS) is 32.2. The Balaban J connectivity index is 2.80. The standard InChI is InChI=1S/C6H10N2OS2/c1-6(3-7-9)4-11-5(10)8(6)2/h3,9H,4H2,1-2H3/t6-/m0/s1. The summed E-state index contributed by atoms with van der Waals surface area (Å²) in [7, 11) is 1.91. The Labute approximate surface area is 75.4 Å². The molecule has 0 aromatic rings. The predicted molar refractivity (Wildman–Crippen MR) is 51.5 cm³/mol. The van der Waals surface area contributed by atoms with Crippen LogP contribution in [0.1, 0.15) is 6.92 Å². The molecule has 5 heteroatoms. The first-order valence-corrected chi connectivity index (χ1v) is 4.59. The monoisotopic (exact) mass is 190 g/mol. The number of hydrogen-bond donors (Lipinski definition) is 1. The van der Waals surface area contributed by atoms with Gasteiger partial charge in [0, 0.05) is 12.8 Å². The topological polar surface area (TPSA) is 35.8 Å². The molecule has 0 unspecified atom stereocenters. The molecule has 1 fully saturated rings. The maximum absolute atomic E-state index is 8.39. The van der Waals surface area contributed by atoms with E-state index in [4.69, 9.17) is 17.4 Å². The maximum Gasteiger partial charge on any atom is 0.136 e. The van der Waals surface area contributed by atoms with Crippen molar-refractivity contribution >= 4 is 34.5 Å². The zero-order chi connectivity index (χ0) is 8.48. The molecule has 0 saturated carbocycles. The Bertz CT molecular complexity index is 207. The summed E-state index contributed by atoms with van der Waals surface area (Å²) >= 11 is 6.66. The van der Waals surface area contributed by atoms with Gasteiger partial charge in [-0.2, -0.15) is 0 Å². The van der Waals surface area contributed by atoms with Gasteiger partial charge in [-0.1, -0.05) is 29.1 Å². The third-order valence-corrected chi connectivity index (χ3v) is 3.74. The number of oxime groups is 1. The lowest BCUT2D eigenvalue weighted by Crippen LogP contribution is -2.43. The van der Waals surface area contributed by atoms with Gasteiger partial charge in [0.15, 0.2) is 0 Å². The lowest BCUT2D eigenvalue weighted by molar-refractivity contribution is 0.305. The Morgan fingerprint density at radius 1 is 1.91 bits per heavy atom. The summed E-state index contributed by atoms with van der Waals surface area (Å²) in [6, 6.07) is 0. The molecule has 1 N–H and O–H groups in total. The summed E-state index contributed by atoms with van der Waals surface area (Å²) in [6.45, 7) is 1.99. The van der Waals surface area contributed by atoms with Crippen molar-refractivity contribution in [2.24, 2.45) is 5.16 Å². The van der Waals surface area contributed by atoms with Crippen LogP contribution in [0.4, 0.5) is 0 Å². The van der Waals surface area contributed by atoms with Crippen LogP contribution in [0.5, 0.6) is 0 Å². The Hall–Kier alpha value is -0.290. The first-order valence-electron chi connectivity index (χ1n) is 3.19. The van der Waals surface area contributed by atoms with E-state index in [0.717, 1.165) is 10.1 Å². The second-order valence-corrected chi connectivity index (χ2v) is 4.32. The van der Waals surface area contributed by atoms with Crippen LogP contribution in [0.3, 0.4) is 0 Å². The molecule has 1 rings (SSSR count). The summed E-state index contributed by atoms with van der Waals surface area (Å²) in [5, 5.41) is 11.4. The minimum atomic E-state index is -0.212. The molecule has 0 spiro atoms. The lowest BCUT2D eigenvalue weighted by atomic mass is 10.1. The summed E-state index contributed by atoms with van der Waals surface area (Å²) in [4.78, 5) is 1.94. The van der Waals surface area contributed by atoms with Crippen LogP contribution >= 0.6 is 24.0 Å². The van der Waals surface area contributed by atoms with Crippen LogP contribution in [-0.4, -0.2) is 39.0 Å². The minimum Gasteiger partial charge on any atom is -0.411 e. The Kier molecular flexibility index (Phi) is 2.39. The molecule has 1 aliphatic rings. The SMILES string of the molecule is CN1C(=S)SC[C@]1(C)C=NO. The summed E-state index contributed by atoms with van der Waals surface area (Å²) < 4.78 is 0.854. The van der Waals surface area contributed by atoms with E-state index in [0.29, 0.717) is 0 Å². The smallest absolute Gasteiger partial charge is 0.136 e. The molecule has 1 heterocycles. The molecule has 0 bridgehead atoms. The molecule has 0 amide bonds. The highest BCUT2D eigenvalue weighted by Gasteiger charge is 2.36. The average molecular weight is 190 g/mol. The molecule has 0 aromatic carbocycles. The number of thiocarbonyl (C=S) groups is 1. The fourth-order valence-electron chi connectivity index (χ4n) is 0.858. The van der Waals surface area contributed by atoms with Gasteiger partial charge in [0.05, 0.1) is 11.8 Å². The van der Waals surface area contributed by atoms with Crippen LogP contribution in [0.25, 0.3) is 0 Å². The van der Waals surface area contributed by atoms with E-state index in [9.17, 15) is 0 Å². The number of rotatable bonds is 1. The number of thioether (sulfide) groups is 1. The molecule has 0 aliphatic carbocycles. The molecule has 1 saturated heterocycles. The van der Waals surface area contributed by atoms with Crippen LogP contribution in [0, 0.1) is 0 Å². The molecule has 1 atom stereocenters. The highest BCUT2D eigenvalue weighted by molar-refractivity contribution is 8.23. The second-order valence-electron chi connectivity index (χ2n) is 2.72. The van der Waals surface area contributed by atoms with Gasteiger partial charge in [0.25, 0.3) is 0 Å². The van der Waals surface area contributed by atoms with Crippen LogP contribution in [0.2, 0.25) is 0 Å². The maximum atomic E-state index is 8.39. The molecule has 11 heavy (non-hydrogen) atoms. The highest BCUT2D eigenvalue weighted by atomic mass is 32.2. The van der Waals surface area contributed by atoms with Crippen molar-refractivity contribution in [1.82, 2.24) is 4.90 Å². The molecule has 0 aromatic heterocycles. The highest BCUT2D eigenvalue weighted by Crippen LogP contribution is 2.29. The molecular weight excluding hydrogens is 180 g/mol. The van der Waals surface area contributed by atoms with E-state index >= 15 is 0 Å². The van der Waals surface area contributed by atoms with E-state index in [1.807, 2.05) is 18.9 Å². The summed E-state index contributed by atoms with van der Waals surface area (Å²) in [5.41, 5.74) is -0.212. The van der Waals surface area contributed by atoms with Gasteiger partial charge in [-0.15, -0.1) is 0 Å². The van der Waals surface area contributed by atoms with E-state index in [-0.39, 0.29) is 5.54 Å². The van der Waals surface area contributed by atoms with Gasteiger partial charge in [-0.25, -0.2) is 0 Å². The van der Waals surface area contributed by atoms with Crippen molar-refractivity contribution in [3.63, 3.8) is 0 Å². The van der Waals surface area contributed by atoms with Gasteiger partial charge < -0.3 is 10.1 Å². The van der Waals surface area contributed by atoms with Gasteiger partial charge >= 0.3 is 0 Å². The van der Waals surface area contributed by atoms with Crippen molar-refractivity contribution in [1.29, 1.82) is 0 Å². The minimum absolute atomic E-state index is 0.212. The lowest BCUT2D eigenvalue weighted by Gasteiger charge is -2.27. The van der Waals surface area contributed by atoms with Crippen LogP contribution in [0.15, 0.2) is 5.16 Å². The zero-order valence-electron chi connectivity index (χ0n) is 6.44. The Morgan fingerprint density at radius 2 is 2.55 bits per heavy atom. The fourth-order valence-corrected chi connectivity index (χ4v) is 2.33. The van der Waals surface area contributed by atoms with Crippen LogP contribution < -0.4 is 0 Å². The molecule has 3 nitrogen and oxygen atoms in total. The van der Waals surface area contributed by atoms with Gasteiger partial charge in [0.2, 0.25) is 0 Å². The van der Waals surface area contributed by atoms with Crippen molar-refractivity contribution in [3.05, 3.63) is 0 Å². The quantitative estimate of drug-likeness (QED) is 0.291. The molecule has 62 valence electrons. The van der Waals surface area contributed by atoms with Crippen molar-refractivity contribution in [3.8, 4) is 0 Å². The Morgan fingerprint density at radius 3 is 2.91 bits per heavy atom. The first-order chi connectivity index (χ1) is 5.10. The molecular formula is C6H10N2OS2. The zero-order valence-corrected chi connectivity index (χ0v) is 8.08. The van der Waals surface area contributed by atoms with Gasteiger partial charge in [-0.05, 0) is 6.92 Å². The summed E-state index contributed by atoms with van der Waals surface area (Å²) in [6.07, 6.45) is 1.51.